The smallest absolute Gasteiger partial charge is 0.329 e. The Bertz CT molecular complexity index is 948. The third-order valence-corrected chi connectivity index (χ3v) is 4.21. The molecule has 0 fully saturated rings. The van der Waals surface area contributed by atoms with Gasteiger partial charge in [0, 0.05) is 0 Å². The van der Waals surface area contributed by atoms with Crippen molar-refractivity contribution in [3.8, 4) is 10.8 Å². The standard InChI is InChI=1S/C12H10N4O4S/c1-5-7-10(21-8(5)9-14-2-3-20-9)15-12(19)16(11(7)18)4-6(13)17/h2-3H,4H2,1H3,(H2,13,17)(H,15,19). The van der Waals surface area contributed by atoms with Crippen LogP contribution in [0.1, 0.15) is 5.56 Å². The molecular formula is C12H10N4O4S. The van der Waals surface area contributed by atoms with Crippen molar-refractivity contribution < 1.29 is 9.21 Å². The van der Waals surface area contributed by atoms with E-state index in [4.69, 9.17) is 10.2 Å². The Morgan fingerprint density at radius 2 is 2.29 bits per heavy atom. The van der Waals surface area contributed by atoms with Crippen LogP contribution >= 0.6 is 11.3 Å². The van der Waals surface area contributed by atoms with Crippen LogP contribution in [0.3, 0.4) is 0 Å². The van der Waals surface area contributed by atoms with Gasteiger partial charge in [0.15, 0.2) is 0 Å². The minimum Gasteiger partial charge on any atom is -0.444 e. The van der Waals surface area contributed by atoms with Crippen molar-refractivity contribution in [2.24, 2.45) is 5.73 Å². The molecule has 0 bridgehead atoms. The van der Waals surface area contributed by atoms with E-state index in [1.165, 1.54) is 23.8 Å². The number of rotatable bonds is 3. The van der Waals surface area contributed by atoms with Crippen molar-refractivity contribution in [1.82, 2.24) is 14.5 Å². The minimum atomic E-state index is -0.761. The average molecular weight is 306 g/mol. The highest BCUT2D eigenvalue weighted by molar-refractivity contribution is 7.22. The molecule has 1 amide bonds. The van der Waals surface area contributed by atoms with Gasteiger partial charge in [-0.05, 0) is 12.5 Å². The van der Waals surface area contributed by atoms with Gasteiger partial charge in [0.1, 0.15) is 17.6 Å². The molecule has 0 saturated heterocycles. The molecule has 3 rings (SSSR count). The van der Waals surface area contributed by atoms with Crippen molar-refractivity contribution in [1.29, 1.82) is 0 Å². The maximum atomic E-state index is 12.4. The molecule has 3 aromatic rings. The Morgan fingerprint density at radius 1 is 1.52 bits per heavy atom. The van der Waals surface area contributed by atoms with Crippen molar-refractivity contribution in [3.05, 3.63) is 38.9 Å². The van der Waals surface area contributed by atoms with Crippen LogP contribution in [-0.2, 0) is 11.3 Å². The predicted octanol–water partition coefficient (Wildman–Crippen LogP) is 0.200. The number of oxazole rings is 1. The van der Waals surface area contributed by atoms with Crippen LogP contribution in [-0.4, -0.2) is 20.4 Å². The number of nitrogens with one attached hydrogen (secondary N) is 1. The summed E-state index contributed by atoms with van der Waals surface area (Å²) in [5.41, 5.74) is 4.46. The number of carbonyl (C=O) groups is 1. The number of hydrogen-bond donors (Lipinski definition) is 2. The molecule has 3 heterocycles. The lowest BCUT2D eigenvalue weighted by atomic mass is 10.2. The summed E-state index contributed by atoms with van der Waals surface area (Å²) in [5.74, 6) is -0.391. The molecular weight excluding hydrogens is 296 g/mol. The highest BCUT2D eigenvalue weighted by Crippen LogP contribution is 2.34. The summed E-state index contributed by atoms with van der Waals surface area (Å²) in [4.78, 5) is 42.9. The molecule has 21 heavy (non-hydrogen) atoms. The number of aromatic nitrogens is 3. The van der Waals surface area contributed by atoms with E-state index in [2.05, 4.69) is 9.97 Å². The first-order valence-electron chi connectivity index (χ1n) is 5.93. The van der Waals surface area contributed by atoms with Gasteiger partial charge in [-0.15, -0.1) is 11.3 Å². The van der Waals surface area contributed by atoms with E-state index in [0.717, 1.165) is 4.57 Å². The first-order chi connectivity index (χ1) is 9.99. The van der Waals surface area contributed by atoms with Gasteiger partial charge < -0.3 is 10.2 Å². The zero-order valence-electron chi connectivity index (χ0n) is 10.9. The second-order valence-electron chi connectivity index (χ2n) is 4.39. The van der Waals surface area contributed by atoms with Gasteiger partial charge in [-0.1, -0.05) is 0 Å². The van der Waals surface area contributed by atoms with Gasteiger partial charge in [-0.3, -0.25) is 19.1 Å². The summed E-state index contributed by atoms with van der Waals surface area (Å²) in [6, 6.07) is 0. The highest BCUT2D eigenvalue weighted by Gasteiger charge is 2.19. The molecule has 0 radical (unpaired) electrons. The summed E-state index contributed by atoms with van der Waals surface area (Å²) in [6.45, 7) is 1.26. The summed E-state index contributed by atoms with van der Waals surface area (Å²) >= 11 is 1.20. The molecule has 0 unspecified atom stereocenters. The topological polar surface area (TPSA) is 124 Å². The van der Waals surface area contributed by atoms with Crippen LogP contribution < -0.4 is 17.0 Å². The van der Waals surface area contributed by atoms with Crippen molar-refractivity contribution >= 4 is 27.5 Å². The van der Waals surface area contributed by atoms with E-state index >= 15 is 0 Å². The highest BCUT2D eigenvalue weighted by atomic mass is 32.1. The summed E-state index contributed by atoms with van der Waals surface area (Å²) < 4.78 is 6.00. The molecule has 8 nitrogen and oxygen atoms in total. The molecule has 108 valence electrons. The maximum absolute atomic E-state index is 12.4. The Hall–Kier alpha value is -2.68. The third kappa shape index (κ3) is 2.07. The van der Waals surface area contributed by atoms with Gasteiger partial charge in [0.05, 0.1) is 16.5 Å². The zero-order valence-corrected chi connectivity index (χ0v) is 11.7. The second kappa shape index (κ2) is 4.70. The van der Waals surface area contributed by atoms with Crippen LogP contribution in [0, 0.1) is 6.92 Å². The lowest BCUT2D eigenvalue weighted by Gasteiger charge is -2.01. The molecule has 0 aliphatic carbocycles. The quantitative estimate of drug-likeness (QED) is 0.715. The Labute approximate surface area is 120 Å². The van der Waals surface area contributed by atoms with Crippen molar-refractivity contribution in [2.45, 2.75) is 13.5 Å². The average Bonchev–Trinajstić information content (AvgIpc) is 3.02. The van der Waals surface area contributed by atoms with E-state index in [-0.39, 0.29) is 0 Å². The third-order valence-electron chi connectivity index (χ3n) is 3.01. The Kier molecular flexibility index (Phi) is 2.98. The largest absolute Gasteiger partial charge is 0.444 e. The number of aromatic amines is 1. The Balaban J connectivity index is 2.34. The fourth-order valence-corrected chi connectivity index (χ4v) is 3.22. The number of aryl methyl sites for hydroxylation is 1. The Morgan fingerprint density at radius 3 is 2.90 bits per heavy atom. The van der Waals surface area contributed by atoms with Crippen LogP contribution in [0.25, 0.3) is 21.0 Å². The molecule has 3 N–H and O–H groups in total. The normalized spacial score (nSPS) is 11.1. The van der Waals surface area contributed by atoms with Gasteiger partial charge in [0.2, 0.25) is 11.8 Å². The molecule has 0 atom stereocenters. The number of fused-ring (bicyclic) bond motifs is 1. The lowest BCUT2D eigenvalue weighted by molar-refractivity contribution is -0.118. The molecule has 0 aromatic carbocycles. The zero-order chi connectivity index (χ0) is 15.1. The van der Waals surface area contributed by atoms with Crippen LogP contribution in [0.15, 0.2) is 26.5 Å². The van der Waals surface area contributed by atoms with Crippen LogP contribution in [0.5, 0.6) is 0 Å². The van der Waals surface area contributed by atoms with Crippen molar-refractivity contribution in [3.63, 3.8) is 0 Å². The van der Waals surface area contributed by atoms with Crippen LogP contribution in [0.4, 0.5) is 0 Å². The summed E-state index contributed by atoms with van der Waals surface area (Å²) in [5, 5.41) is 0.328. The number of thiophene rings is 1. The maximum Gasteiger partial charge on any atom is 0.329 e. The number of hydrogen-bond acceptors (Lipinski definition) is 6. The van der Waals surface area contributed by atoms with Gasteiger partial charge >= 0.3 is 5.69 Å². The fourth-order valence-electron chi connectivity index (χ4n) is 2.09. The van der Waals surface area contributed by atoms with E-state index < -0.39 is 23.7 Å². The van der Waals surface area contributed by atoms with Gasteiger partial charge in [-0.2, -0.15) is 0 Å². The number of primary amides is 1. The van der Waals surface area contributed by atoms with Gasteiger partial charge in [0.25, 0.3) is 5.56 Å². The molecule has 0 saturated carbocycles. The first kappa shape index (κ1) is 13.3. The van der Waals surface area contributed by atoms with Crippen LogP contribution in [0.2, 0.25) is 0 Å². The van der Waals surface area contributed by atoms with E-state index in [0.29, 0.717) is 26.5 Å². The number of nitrogens with two attached hydrogens (primary N) is 1. The van der Waals surface area contributed by atoms with E-state index in [1.807, 2.05) is 0 Å². The predicted molar refractivity (Wildman–Crippen MR) is 76.1 cm³/mol. The monoisotopic (exact) mass is 306 g/mol. The number of amides is 1. The molecule has 0 spiro atoms. The molecule has 9 heteroatoms. The van der Waals surface area contributed by atoms with Crippen molar-refractivity contribution in [2.75, 3.05) is 0 Å². The SMILES string of the molecule is Cc1c(-c2ncco2)sc2[nH]c(=O)n(CC(N)=O)c(=O)c12. The molecule has 3 aromatic heterocycles. The fraction of sp³-hybridized carbons (Fsp3) is 0.167. The molecule has 0 aliphatic heterocycles. The second-order valence-corrected chi connectivity index (χ2v) is 5.41. The van der Waals surface area contributed by atoms with E-state index in [9.17, 15) is 14.4 Å². The molecule has 0 aliphatic rings. The van der Waals surface area contributed by atoms with Gasteiger partial charge in [-0.25, -0.2) is 9.78 Å². The first-order valence-corrected chi connectivity index (χ1v) is 6.75. The number of nitrogens with zero attached hydrogens (tertiary/aromatic N) is 2. The minimum absolute atomic E-state index is 0.328. The lowest BCUT2D eigenvalue weighted by Crippen LogP contribution is -2.38. The number of carbonyl (C=O) groups excluding carboxylic acids is 1. The summed E-state index contributed by atoms with van der Waals surface area (Å²) in [6.07, 6.45) is 2.92. The number of H-pyrrole nitrogens is 1. The van der Waals surface area contributed by atoms with E-state index in [1.54, 1.807) is 6.92 Å². The summed E-state index contributed by atoms with van der Waals surface area (Å²) in [7, 11) is 0.